The van der Waals surface area contributed by atoms with Gasteiger partial charge in [0, 0.05) is 24.2 Å². The maximum atomic E-state index is 12.5. The number of phenolic OH excluding ortho intramolecular Hbond substituents is 1. The molecule has 0 aromatic heterocycles. The van der Waals surface area contributed by atoms with Gasteiger partial charge in [-0.25, -0.2) is 5.43 Å². The number of benzene rings is 2. The number of para-hydroxylation sites is 1. The summed E-state index contributed by atoms with van der Waals surface area (Å²) in [5.74, 6) is -0.894. The highest BCUT2D eigenvalue weighted by molar-refractivity contribution is 5.97. The Hall–Kier alpha value is -3.94. The molecule has 31 heavy (non-hydrogen) atoms. The number of nitrogens with zero attached hydrogens (tertiary/aromatic N) is 3. The van der Waals surface area contributed by atoms with Gasteiger partial charge in [0.05, 0.1) is 6.21 Å². The van der Waals surface area contributed by atoms with Gasteiger partial charge in [-0.2, -0.15) is 5.10 Å². The molecule has 1 aliphatic heterocycles. The second-order valence-corrected chi connectivity index (χ2v) is 7.05. The van der Waals surface area contributed by atoms with Crippen LogP contribution < -0.4 is 5.43 Å². The van der Waals surface area contributed by atoms with E-state index in [-0.39, 0.29) is 37.2 Å². The maximum absolute atomic E-state index is 12.5. The van der Waals surface area contributed by atoms with Crippen LogP contribution in [0.15, 0.2) is 66.3 Å². The predicted molar refractivity (Wildman–Crippen MR) is 117 cm³/mol. The molecular formula is C23H24N4O4. The van der Waals surface area contributed by atoms with Gasteiger partial charge in [-0.1, -0.05) is 36.4 Å². The summed E-state index contributed by atoms with van der Waals surface area (Å²) in [5, 5.41) is 14.1. The zero-order valence-corrected chi connectivity index (χ0v) is 17.0. The highest BCUT2D eigenvalue weighted by atomic mass is 16.3. The van der Waals surface area contributed by atoms with E-state index in [1.807, 2.05) is 6.07 Å². The Labute approximate surface area is 180 Å². The SMILES string of the molecule is C=CCc1cccc(/C=N/NC(=O)CN2CCN(C(=O)c3ccccc3)CC2=O)c1O. The third-order valence-electron chi connectivity index (χ3n) is 4.87. The molecule has 3 rings (SSSR count). The largest absolute Gasteiger partial charge is 0.507 e. The van der Waals surface area contributed by atoms with Crippen molar-refractivity contribution < 1.29 is 19.5 Å². The summed E-state index contributed by atoms with van der Waals surface area (Å²) in [6.45, 7) is 4.02. The summed E-state index contributed by atoms with van der Waals surface area (Å²) in [6, 6.07) is 14.0. The van der Waals surface area contributed by atoms with Gasteiger partial charge >= 0.3 is 0 Å². The lowest BCUT2D eigenvalue weighted by atomic mass is 10.1. The third-order valence-corrected chi connectivity index (χ3v) is 4.87. The van der Waals surface area contributed by atoms with Crippen molar-refractivity contribution in [1.82, 2.24) is 15.2 Å². The molecule has 1 fully saturated rings. The smallest absolute Gasteiger partial charge is 0.259 e. The molecule has 0 radical (unpaired) electrons. The normalized spacial score (nSPS) is 14.0. The lowest BCUT2D eigenvalue weighted by Gasteiger charge is -2.33. The molecule has 1 heterocycles. The van der Waals surface area contributed by atoms with Crippen molar-refractivity contribution in [3.63, 3.8) is 0 Å². The van der Waals surface area contributed by atoms with Crippen molar-refractivity contribution in [2.45, 2.75) is 6.42 Å². The number of carbonyl (C=O) groups excluding carboxylic acids is 3. The van der Waals surface area contributed by atoms with Crippen LogP contribution in [-0.2, 0) is 16.0 Å². The van der Waals surface area contributed by atoms with Crippen molar-refractivity contribution in [3.8, 4) is 5.75 Å². The zero-order chi connectivity index (χ0) is 22.2. The fourth-order valence-electron chi connectivity index (χ4n) is 3.23. The average molecular weight is 420 g/mol. The molecule has 0 unspecified atom stereocenters. The third kappa shape index (κ3) is 5.57. The van der Waals surface area contributed by atoms with Crippen LogP contribution in [0.4, 0.5) is 0 Å². The quantitative estimate of drug-likeness (QED) is 0.403. The summed E-state index contributed by atoms with van der Waals surface area (Å²) < 4.78 is 0. The number of allylic oxidation sites excluding steroid dienone is 1. The number of phenols is 1. The van der Waals surface area contributed by atoms with Crippen LogP contribution in [0.2, 0.25) is 0 Å². The molecule has 2 N–H and O–H groups in total. The van der Waals surface area contributed by atoms with Crippen LogP contribution in [0.25, 0.3) is 0 Å². The van der Waals surface area contributed by atoms with E-state index < -0.39 is 5.91 Å². The van der Waals surface area contributed by atoms with Gasteiger partial charge in [0.1, 0.15) is 18.8 Å². The minimum absolute atomic E-state index is 0.0752. The molecule has 2 aromatic carbocycles. The van der Waals surface area contributed by atoms with Crippen molar-refractivity contribution in [3.05, 3.63) is 77.9 Å². The molecule has 0 bridgehead atoms. The second kappa shape index (κ2) is 10.2. The molecule has 8 nitrogen and oxygen atoms in total. The van der Waals surface area contributed by atoms with Gasteiger partial charge in [0.15, 0.2) is 0 Å². The summed E-state index contributed by atoms with van der Waals surface area (Å²) >= 11 is 0. The zero-order valence-electron chi connectivity index (χ0n) is 17.0. The van der Waals surface area contributed by atoms with E-state index in [9.17, 15) is 19.5 Å². The molecule has 1 saturated heterocycles. The van der Waals surface area contributed by atoms with Crippen molar-refractivity contribution >= 4 is 23.9 Å². The lowest BCUT2D eigenvalue weighted by Crippen LogP contribution is -2.54. The standard InChI is InChI=1S/C23H24N4O4/c1-2-7-17-10-6-11-19(22(17)30)14-24-25-20(28)15-26-12-13-27(16-21(26)29)23(31)18-8-4-3-5-9-18/h2-6,8-11,14,30H,1,7,12-13,15-16H2,(H,25,28)/b24-14+. The molecule has 3 amide bonds. The molecule has 2 aromatic rings. The first-order valence-corrected chi connectivity index (χ1v) is 9.85. The van der Waals surface area contributed by atoms with Gasteiger partial charge in [-0.05, 0) is 30.2 Å². The predicted octanol–water partition coefficient (Wildman–Crippen LogP) is 1.56. The van der Waals surface area contributed by atoms with Crippen molar-refractivity contribution in [2.75, 3.05) is 26.2 Å². The van der Waals surface area contributed by atoms with Crippen LogP contribution in [-0.4, -0.2) is 65.0 Å². The van der Waals surface area contributed by atoms with E-state index >= 15 is 0 Å². The van der Waals surface area contributed by atoms with Crippen molar-refractivity contribution in [1.29, 1.82) is 0 Å². The van der Waals surface area contributed by atoms with Gasteiger partial charge < -0.3 is 14.9 Å². The molecule has 0 aliphatic carbocycles. The van der Waals surface area contributed by atoms with Gasteiger partial charge in [-0.3, -0.25) is 14.4 Å². The van der Waals surface area contributed by atoms with E-state index in [1.54, 1.807) is 48.5 Å². The number of amides is 3. The first-order chi connectivity index (χ1) is 15.0. The Morgan fingerprint density at radius 1 is 1.13 bits per heavy atom. The number of piperazine rings is 1. The van der Waals surface area contributed by atoms with Crippen LogP contribution >= 0.6 is 0 Å². The summed E-state index contributed by atoms with van der Waals surface area (Å²) in [7, 11) is 0. The molecule has 8 heteroatoms. The van der Waals surface area contributed by atoms with E-state index in [1.165, 1.54) is 16.0 Å². The minimum Gasteiger partial charge on any atom is -0.507 e. The average Bonchev–Trinajstić information content (AvgIpc) is 2.78. The Bertz CT molecular complexity index is 1000. The number of rotatable bonds is 7. The van der Waals surface area contributed by atoms with Crippen LogP contribution in [0.1, 0.15) is 21.5 Å². The van der Waals surface area contributed by atoms with E-state index in [2.05, 4.69) is 17.1 Å². The monoisotopic (exact) mass is 420 g/mol. The Balaban J connectivity index is 1.51. The number of carbonyl (C=O) groups is 3. The molecule has 1 aliphatic rings. The summed E-state index contributed by atoms with van der Waals surface area (Å²) in [5.41, 5.74) is 4.06. The Morgan fingerprint density at radius 3 is 2.61 bits per heavy atom. The molecular weight excluding hydrogens is 396 g/mol. The Morgan fingerprint density at radius 2 is 1.90 bits per heavy atom. The van der Waals surface area contributed by atoms with Crippen LogP contribution in [0.5, 0.6) is 5.75 Å². The minimum atomic E-state index is -0.464. The highest BCUT2D eigenvalue weighted by Gasteiger charge is 2.28. The number of nitrogens with one attached hydrogen (secondary N) is 1. The second-order valence-electron chi connectivity index (χ2n) is 7.05. The van der Waals surface area contributed by atoms with Crippen molar-refractivity contribution in [2.24, 2.45) is 5.10 Å². The summed E-state index contributed by atoms with van der Waals surface area (Å²) in [4.78, 5) is 39.9. The highest BCUT2D eigenvalue weighted by Crippen LogP contribution is 2.21. The number of aromatic hydroxyl groups is 1. The van der Waals surface area contributed by atoms with Crippen LogP contribution in [0.3, 0.4) is 0 Å². The first-order valence-electron chi connectivity index (χ1n) is 9.85. The van der Waals surface area contributed by atoms with Gasteiger partial charge in [-0.15, -0.1) is 6.58 Å². The van der Waals surface area contributed by atoms with Crippen LogP contribution in [0, 0.1) is 0 Å². The first kappa shape index (κ1) is 21.8. The fraction of sp³-hybridized carbons (Fsp3) is 0.217. The Kier molecular flexibility index (Phi) is 7.16. The lowest BCUT2D eigenvalue weighted by molar-refractivity contribution is -0.139. The topological polar surface area (TPSA) is 102 Å². The van der Waals surface area contributed by atoms with E-state index in [0.717, 1.165) is 0 Å². The maximum Gasteiger partial charge on any atom is 0.259 e. The number of hydrogen-bond acceptors (Lipinski definition) is 5. The van der Waals surface area contributed by atoms with E-state index in [4.69, 9.17) is 0 Å². The van der Waals surface area contributed by atoms with E-state index in [0.29, 0.717) is 29.7 Å². The summed E-state index contributed by atoms with van der Waals surface area (Å²) in [6.07, 6.45) is 3.54. The fourth-order valence-corrected chi connectivity index (χ4v) is 3.23. The number of hydrazone groups is 1. The molecule has 0 atom stereocenters. The van der Waals surface area contributed by atoms with Gasteiger partial charge in [0.2, 0.25) is 5.91 Å². The van der Waals surface area contributed by atoms with Gasteiger partial charge in [0.25, 0.3) is 11.8 Å². The molecule has 160 valence electrons. The molecule has 0 saturated carbocycles. The molecule has 0 spiro atoms. The number of hydrogen-bond donors (Lipinski definition) is 2.